The van der Waals surface area contributed by atoms with Crippen LogP contribution < -0.4 is 4.72 Å². The molecule has 8 heteroatoms. The summed E-state index contributed by atoms with van der Waals surface area (Å²) in [6.45, 7) is 3.75. The lowest BCUT2D eigenvalue weighted by molar-refractivity contribution is -0.142. The molecule has 0 amide bonds. The van der Waals surface area contributed by atoms with E-state index in [0.29, 0.717) is 17.9 Å². The predicted molar refractivity (Wildman–Crippen MR) is 84.4 cm³/mol. The molecular weight excluding hydrogens is 324 g/mol. The van der Waals surface area contributed by atoms with Gasteiger partial charge in [0.15, 0.2) is 5.13 Å². The third kappa shape index (κ3) is 4.05. The smallest absolute Gasteiger partial charge is 0.311 e. The van der Waals surface area contributed by atoms with Crippen molar-refractivity contribution in [2.45, 2.75) is 25.2 Å². The van der Waals surface area contributed by atoms with E-state index in [4.69, 9.17) is 4.74 Å². The quantitative estimate of drug-likeness (QED) is 0.816. The van der Waals surface area contributed by atoms with Gasteiger partial charge in [0.2, 0.25) is 0 Å². The molecule has 1 aromatic heterocycles. The van der Waals surface area contributed by atoms with Crippen molar-refractivity contribution in [3.8, 4) is 0 Å². The fourth-order valence-corrected chi connectivity index (χ4v) is 4.03. The van der Waals surface area contributed by atoms with Gasteiger partial charge in [0.05, 0.1) is 23.6 Å². The fourth-order valence-electron chi connectivity index (χ4n) is 1.82. The monoisotopic (exact) mass is 340 g/mol. The molecule has 6 nitrogen and oxygen atoms in total. The van der Waals surface area contributed by atoms with Crippen LogP contribution in [0, 0.1) is 6.92 Å². The molecule has 2 rings (SSSR count). The van der Waals surface area contributed by atoms with E-state index < -0.39 is 10.0 Å². The van der Waals surface area contributed by atoms with Crippen molar-refractivity contribution in [2.24, 2.45) is 0 Å². The average Bonchev–Trinajstić information content (AvgIpc) is 2.85. The van der Waals surface area contributed by atoms with Gasteiger partial charge < -0.3 is 4.74 Å². The van der Waals surface area contributed by atoms with Crippen LogP contribution in [0.2, 0.25) is 0 Å². The molecule has 0 aliphatic heterocycles. The predicted octanol–water partition coefficient (Wildman–Crippen LogP) is 2.36. The number of nitrogens with zero attached hydrogens (tertiary/aromatic N) is 1. The second-order valence-corrected chi connectivity index (χ2v) is 7.01. The maximum absolute atomic E-state index is 12.3. The lowest BCUT2D eigenvalue weighted by Crippen LogP contribution is -2.14. The molecule has 0 unspecified atom stereocenters. The van der Waals surface area contributed by atoms with E-state index >= 15 is 0 Å². The number of nitrogens with one attached hydrogen (secondary N) is 1. The van der Waals surface area contributed by atoms with Crippen molar-refractivity contribution < 1.29 is 17.9 Å². The minimum atomic E-state index is -3.69. The summed E-state index contributed by atoms with van der Waals surface area (Å²) < 4.78 is 31.9. The molecule has 0 fully saturated rings. The zero-order chi connectivity index (χ0) is 16.2. The number of sulfonamides is 1. The Hall–Kier alpha value is -1.93. The van der Waals surface area contributed by atoms with E-state index in [1.807, 2.05) is 0 Å². The maximum Gasteiger partial charge on any atom is 0.311 e. The number of aromatic nitrogens is 1. The Labute approximate surface area is 133 Å². The Bertz CT molecular complexity index is 769. The zero-order valence-corrected chi connectivity index (χ0v) is 13.8. The standard InChI is InChI=1S/C14H16N2O4S2/c1-3-20-13(17)8-11-9-21-14(15-11)16-22(18,19)12-7-5-4-6-10(12)2/h4-7,9H,3,8H2,1-2H3,(H,15,16). The first-order chi connectivity index (χ1) is 10.4. The largest absolute Gasteiger partial charge is 0.466 e. The van der Waals surface area contributed by atoms with E-state index in [0.717, 1.165) is 11.3 Å². The Morgan fingerprint density at radius 3 is 2.77 bits per heavy atom. The van der Waals surface area contributed by atoms with Crippen molar-refractivity contribution in [1.29, 1.82) is 0 Å². The van der Waals surface area contributed by atoms with Gasteiger partial charge in [0.25, 0.3) is 10.0 Å². The van der Waals surface area contributed by atoms with E-state index in [2.05, 4.69) is 9.71 Å². The van der Waals surface area contributed by atoms with Gasteiger partial charge >= 0.3 is 5.97 Å². The number of ether oxygens (including phenoxy) is 1. The number of thiazole rings is 1. The van der Waals surface area contributed by atoms with E-state index in [1.54, 1.807) is 37.4 Å². The first-order valence-electron chi connectivity index (χ1n) is 6.61. The van der Waals surface area contributed by atoms with Gasteiger partial charge in [0, 0.05) is 5.38 Å². The van der Waals surface area contributed by atoms with Crippen molar-refractivity contribution >= 4 is 32.5 Å². The Morgan fingerprint density at radius 2 is 2.09 bits per heavy atom. The highest BCUT2D eigenvalue weighted by Gasteiger charge is 2.18. The van der Waals surface area contributed by atoms with Crippen LogP contribution in [0.4, 0.5) is 5.13 Å². The Morgan fingerprint density at radius 1 is 1.36 bits per heavy atom. The van der Waals surface area contributed by atoms with Gasteiger partial charge in [-0.2, -0.15) is 0 Å². The lowest BCUT2D eigenvalue weighted by atomic mass is 10.2. The number of hydrogen-bond acceptors (Lipinski definition) is 6. The molecule has 0 bridgehead atoms. The number of hydrogen-bond donors (Lipinski definition) is 1. The van der Waals surface area contributed by atoms with Crippen LogP contribution in [0.3, 0.4) is 0 Å². The van der Waals surface area contributed by atoms with Crippen LogP contribution in [0.25, 0.3) is 0 Å². The van der Waals surface area contributed by atoms with Crippen molar-refractivity contribution in [1.82, 2.24) is 4.98 Å². The second kappa shape index (κ2) is 6.89. The molecule has 0 radical (unpaired) electrons. The molecule has 0 atom stereocenters. The van der Waals surface area contributed by atoms with E-state index in [9.17, 15) is 13.2 Å². The first-order valence-corrected chi connectivity index (χ1v) is 8.97. The maximum atomic E-state index is 12.3. The van der Waals surface area contributed by atoms with Gasteiger partial charge in [0.1, 0.15) is 0 Å². The summed E-state index contributed by atoms with van der Waals surface area (Å²) in [5.41, 5.74) is 1.13. The molecule has 1 N–H and O–H groups in total. The van der Waals surface area contributed by atoms with Crippen molar-refractivity contribution in [2.75, 3.05) is 11.3 Å². The van der Waals surface area contributed by atoms with Gasteiger partial charge in [-0.05, 0) is 25.5 Å². The minimum Gasteiger partial charge on any atom is -0.466 e. The number of anilines is 1. The molecule has 118 valence electrons. The average molecular weight is 340 g/mol. The summed E-state index contributed by atoms with van der Waals surface area (Å²) in [4.78, 5) is 15.7. The summed E-state index contributed by atoms with van der Waals surface area (Å²) in [5, 5.41) is 1.86. The highest BCUT2D eigenvalue weighted by atomic mass is 32.2. The van der Waals surface area contributed by atoms with Gasteiger partial charge in [-0.15, -0.1) is 11.3 Å². The third-order valence-electron chi connectivity index (χ3n) is 2.79. The Balaban J connectivity index is 2.13. The van der Waals surface area contributed by atoms with Crippen molar-refractivity contribution in [3.63, 3.8) is 0 Å². The molecule has 22 heavy (non-hydrogen) atoms. The Kier molecular flexibility index (Phi) is 5.15. The van der Waals surface area contributed by atoms with E-state index in [1.165, 1.54) is 6.07 Å². The summed E-state index contributed by atoms with van der Waals surface area (Å²) in [6.07, 6.45) is 0.0242. The van der Waals surface area contributed by atoms with Crippen LogP contribution in [-0.2, 0) is 26.0 Å². The molecule has 2 aromatic rings. The molecular formula is C14H16N2O4S2. The topological polar surface area (TPSA) is 85.4 Å². The van der Waals surface area contributed by atoms with Gasteiger partial charge in [-0.1, -0.05) is 18.2 Å². The third-order valence-corrected chi connectivity index (χ3v) is 5.22. The van der Waals surface area contributed by atoms with Crippen LogP contribution >= 0.6 is 11.3 Å². The van der Waals surface area contributed by atoms with E-state index in [-0.39, 0.29) is 22.4 Å². The summed E-state index contributed by atoms with van der Waals surface area (Å²) in [5.74, 6) is -0.388. The molecule has 1 aromatic carbocycles. The first kappa shape index (κ1) is 16.4. The normalized spacial score (nSPS) is 11.2. The van der Waals surface area contributed by atoms with Gasteiger partial charge in [-0.25, -0.2) is 13.4 Å². The highest BCUT2D eigenvalue weighted by Crippen LogP contribution is 2.22. The number of aryl methyl sites for hydroxylation is 1. The summed E-state index contributed by atoms with van der Waals surface area (Å²) in [7, 11) is -3.69. The molecule has 0 spiro atoms. The molecule has 0 saturated carbocycles. The number of benzene rings is 1. The number of esters is 1. The molecule has 0 saturated heterocycles. The second-order valence-electron chi connectivity index (χ2n) is 4.50. The molecule has 0 aliphatic carbocycles. The SMILES string of the molecule is CCOC(=O)Cc1csc(NS(=O)(=O)c2ccccc2C)n1. The van der Waals surface area contributed by atoms with Crippen molar-refractivity contribution in [3.05, 3.63) is 40.9 Å². The minimum absolute atomic E-state index is 0.0242. The summed E-state index contributed by atoms with van der Waals surface area (Å²) >= 11 is 1.13. The number of carbonyl (C=O) groups is 1. The number of rotatable bonds is 6. The summed E-state index contributed by atoms with van der Waals surface area (Å²) in [6, 6.07) is 6.69. The van der Waals surface area contributed by atoms with Crippen LogP contribution in [0.1, 0.15) is 18.2 Å². The number of carbonyl (C=O) groups excluding carboxylic acids is 1. The lowest BCUT2D eigenvalue weighted by Gasteiger charge is -2.07. The highest BCUT2D eigenvalue weighted by molar-refractivity contribution is 7.93. The fraction of sp³-hybridized carbons (Fsp3) is 0.286. The van der Waals surface area contributed by atoms with Crippen LogP contribution in [0.15, 0.2) is 34.5 Å². The molecule has 1 heterocycles. The molecule has 0 aliphatic rings. The van der Waals surface area contributed by atoms with Crippen LogP contribution in [0.5, 0.6) is 0 Å². The van der Waals surface area contributed by atoms with Crippen LogP contribution in [-0.4, -0.2) is 26.0 Å². The zero-order valence-electron chi connectivity index (χ0n) is 12.2. The van der Waals surface area contributed by atoms with Gasteiger partial charge in [-0.3, -0.25) is 9.52 Å².